The number of hydrogen-bond donors (Lipinski definition) is 0. The van der Waals surface area contributed by atoms with Crippen LogP contribution in [0.2, 0.25) is 0 Å². The van der Waals surface area contributed by atoms with Crippen molar-refractivity contribution in [2.75, 3.05) is 20.8 Å². The lowest BCUT2D eigenvalue weighted by Crippen LogP contribution is -2.45. The smallest absolute Gasteiger partial charge is 0.323 e. The highest BCUT2D eigenvalue weighted by atomic mass is 16.6. The molecule has 0 aliphatic rings. The molecule has 7 heteroatoms. The molecule has 0 aliphatic carbocycles. The monoisotopic (exact) mass is 295 g/mol. The van der Waals surface area contributed by atoms with Crippen molar-refractivity contribution in [3.05, 3.63) is 46.0 Å². The molecule has 7 nitrogen and oxygen atoms in total. The van der Waals surface area contributed by atoms with Crippen molar-refractivity contribution in [2.24, 2.45) is 5.41 Å². The number of benzene rings is 1. The molecule has 0 saturated heterocycles. The lowest BCUT2D eigenvalue weighted by Gasteiger charge is -2.30. The molecule has 0 N–H and O–H groups in total. The number of hydrogen-bond acceptors (Lipinski definition) is 6. The summed E-state index contributed by atoms with van der Waals surface area (Å²) in [7, 11) is 2.25. The van der Waals surface area contributed by atoms with Crippen LogP contribution in [0.5, 0.6) is 0 Å². The standard InChI is InChI=1S/C14H17NO6/c1-14(12(16)20-2,13(17)21-3)11(9-15(18)19)10-7-5-4-6-8-10/h4-8,11H,9H2,1-3H3/t11-/m0/s1. The maximum atomic E-state index is 12.1. The molecule has 0 spiro atoms. The summed E-state index contributed by atoms with van der Waals surface area (Å²) in [4.78, 5) is 34.6. The zero-order valence-corrected chi connectivity index (χ0v) is 12.1. The summed E-state index contributed by atoms with van der Waals surface area (Å²) >= 11 is 0. The highest BCUT2D eigenvalue weighted by molar-refractivity contribution is 6.00. The molecule has 0 aliphatic heterocycles. The molecule has 21 heavy (non-hydrogen) atoms. The van der Waals surface area contributed by atoms with Gasteiger partial charge in [-0.25, -0.2) is 0 Å². The van der Waals surface area contributed by atoms with Gasteiger partial charge in [-0.1, -0.05) is 30.3 Å². The number of nitro groups is 1. The molecule has 0 radical (unpaired) electrons. The second-order valence-corrected chi connectivity index (χ2v) is 4.66. The Balaban J connectivity index is 3.41. The molecule has 0 fully saturated rings. The van der Waals surface area contributed by atoms with Gasteiger partial charge in [0.25, 0.3) is 0 Å². The zero-order chi connectivity index (χ0) is 16.0. The van der Waals surface area contributed by atoms with Crippen molar-refractivity contribution in [3.63, 3.8) is 0 Å². The van der Waals surface area contributed by atoms with Crippen LogP contribution in [0.15, 0.2) is 30.3 Å². The molecule has 0 amide bonds. The van der Waals surface area contributed by atoms with Crippen LogP contribution in [0.25, 0.3) is 0 Å². The molecule has 0 bridgehead atoms. The molecule has 1 rings (SSSR count). The normalized spacial score (nSPS) is 12.3. The lowest BCUT2D eigenvalue weighted by atomic mass is 9.73. The number of esters is 2. The second-order valence-electron chi connectivity index (χ2n) is 4.66. The van der Waals surface area contributed by atoms with Crippen LogP contribution in [-0.2, 0) is 19.1 Å². The molecule has 1 aromatic rings. The van der Waals surface area contributed by atoms with E-state index in [0.29, 0.717) is 5.56 Å². The van der Waals surface area contributed by atoms with E-state index in [1.165, 1.54) is 6.92 Å². The van der Waals surface area contributed by atoms with E-state index in [4.69, 9.17) is 0 Å². The summed E-state index contributed by atoms with van der Waals surface area (Å²) in [5.74, 6) is -2.73. The topological polar surface area (TPSA) is 95.7 Å². The first-order valence-electron chi connectivity index (χ1n) is 6.21. The molecular weight excluding hydrogens is 278 g/mol. The van der Waals surface area contributed by atoms with E-state index < -0.39 is 34.7 Å². The van der Waals surface area contributed by atoms with Gasteiger partial charge in [-0.2, -0.15) is 0 Å². The van der Waals surface area contributed by atoms with Gasteiger partial charge in [-0.05, 0) is 12.5 Å². The van der Waals surface area contributed by atoms with Crippen molar-refractivity contribution < 1.29 is 24.0 Å². The van der Waals surface area contributed by atoms with Gasteiger partial charge in [0, 0.05) is 4.92 Å². The molecule has 0 aromatic heterocycles. The Morgan fingerprint density at radius 2 is 1.67 bits per heavy atom. The number of nitrogens with zero attached hydrogens (tertiary/aromatic N) is 1. The van der Waals surface area contributed by atoms with Gasteiger partial charge in [0.1, 0.15) is 0 Å². The molecular formula is C14H17NO6. The van der Waals surface area contributed by atoms with Crippen LogP contribution < -0.4 is 0 Å². The third kappa shape index (κ3) is 3.36. The Bertz CT molecular complexity index is 512. The van der Waals surface area contributed by atoms with Gasteiger partial charge in [-0.15, -0.1) is 0 Å². The Morgan fingerprint density at radius 1 is 1.19 bits per heavy atom. The van der Waals surface area contributed by atoms with Gasteiger partial charge in [0.05, 0.1) is 20.1 Å². The van der Waals surface area contributed by atoms with Crippen LogP contribution in [0, 0.1) is 15.5 Å². The van der Waals surface area contributed by atoms with Gasteiger partial charge in [0.15, 0.2) is 5.41 Å². The summed E-state index contributed by atoms with van der Waals surface area (Å²) in [6.07, 6.45) is 0. The third-order valence-corrected chi connectivity index (χ3v) is 3.45. The maximum absolute atomic E-state index is 12.1. The number of carbonyl (C=O) groups is 2. The van der Waals surface area contributed by atoms with Gasteiger partial charge in [-0.3, -0.25) is 19.7 Å². The van der Waals surface area contributed by atoms with Gasteiger partial charge < -0.3 is 9.47 Å². The van der Waals surface area contributed by atoms with Crippen molar-refractivity contribution >= 4 is 11.9 Å². The number of carbonyl (C=O) groups excluding carboxylic acids is 2. The minimum atomic E-state index is -1.79. The predicted molar refractivity (Wildman–Crippen MR) is 73.2 cm³/mol. The van der Waals surface area contributed by atoms with E-state index in [1.807, 2.05) is 0 Å². The first-order chi connectivity index (χ1) is 9.87. The Morgan fingerprint density at radius 3 is 2.05 bits per heavy atom. The SMILES string of the molecule is COC(=O)C(C)(C(=O)OC)[C@@H](C[N+](=O)[O-])c1ccccc1. The highest BCUT2D eigenvalue weighted by Crippen LogP contribution is 2.38. The fraction of sp³-hybridized carbons (Fsp3) is 0.429. The van der Waals surface area contributed by atoms with Crippen LogP contribution in [-0.4, -0.2) is 37.6 Å². The molecule has 0 saturated carbocycles. The maximum Gasteiger partial charge on any atom is 0.323 e. The Kier molecular flexibility index (Phi) is 5.40. The van der Waals surface area contributed by atoms with Crippen molar-refractivity contribution in [1.82, 2.24) is 0 Å². The summed E-state index contributed by atoms with van der Waals surface area (Å²) < 4.78 is 9.32. The van der Waals surface area contributed by atoms with Crippen LogP contribution >= 0.6 is 0 Å². The average molecular weight is 295 g/mol. The quantitative estimate of drug-likeness (QED) is 0.340. The van der Waals surface area contributed by atoms with Crippen molar-refractivity contribution in [3.8, 4) is 0 Å². The largest absolute Gasteiger partial charge is 0.468 e. The van der Waals surface area contributed by atoms with E-state index >= 15 is 0 Å². The minimum absolute atomic E-state index is 0.493. The van der Waals surface area contributed by atoms with E-state index in [1.54, 1.807) is 30.3 Å². The number of ether oxygens (including phenoxy) is 2. The first-order valence-corrected chi connectivity index (χ1v) is 6.21. The van der Waals surface area contributed by atoms with E-state index in [2.05, 4.69) is 9.47 Å². The third-order valence-electron chi connectivity index (χ3n) is 3.45. The lowest BCUT2D eigenvalue weighted by molar-refractivity contribution is -0.485. The van der Waals surface area contributed by atoms with Crippen LogP contribution in [0.3, 0.4) is 0 Å². The molecule has 1 atom stereocenters. The van der Waals surface area contributed by atoms with Gasteiger partial charge in [0.2, 0.25) is 6.54 Å². The summed E-state index contributed by atoms with van der Waals surface area (Å²) in [6, 6.07) is 8.34. The molecule has 0 heterocycles. The number of rotatable bonds is 6. The average Bonchev–Trinajstić information content (AvgIpc) is 2.50. The van der Waals surface area contributed by atoms with E-state index in [-0.39, 0.29) is 0 Å². The Hall–Kier alpha value is -2.44. The van der Waals surface area contributed by atoms with Crippen LogP contribution in [0.4, 0.5) is 0 Å². The van der Waals surface area contributed by atoms with Gasteiger partial charge >= 0.3 is 11.9 Å². The number of methoxy groups -OCH3 is 2. The summed E-state index contributed by atoms with van der Waals surface area (Å²) in [5, 5.41) is 11.0. The van der Waals surface area contributed by atoms with Crippen molar-refractivity contribution in [1.29, 1.82) is 0 Å². The predicted octanol–water partition coefficient (Wildman–Crippen LogP) is 1.40. The fourth-order valence-electron chi connectivity index (χ4n) is 2.25. The molecule has 114 valence electrons. The summed E-state index contributed by atoms with van der Waals surface area (Å²) in [6.45, 7) is 0.705. The molecule has 1 aromatic carbocycles. The second kappa shape index (κ2) is 6.83. The minimum Gasteiger partial charge on any atom is -0.468 e. The van der Waals surface area contributed by atoms with Crippen molar-refractivity contribution in [2.45, 2.75) is 12.8 Å². The van der Waals surface area contributed by atoms with E-state index in [9.17, 15) is 19.7 Å². The first kappa shape index (κ1) is 16.6. The van der Waals surface area contributed by atoms with Crippen LogP contribution in [0.1, 0.15) is 18.4 Å². The van der Waals surface area contributed by atoms with E-state index in [0.717, 1.165) is 14.2 Å². The molecule has 0 unspecified atom stereocenters. The summed E-state index contributed by atoms with van der Waals surface area (Å²) in [5.41, 5.74) is -1.30. The zero-order valence-electron chi connectivity index (χ0n) is 12.1. The fourth-order valence-corrected chi connectivity index (χ4v) is 2.25. The highest BCUT2D eigenvalue weighted by Gasteiger charge is 2.53. The Labute approximate surface area is 122 Å².